The molecule has 0 spiro atoms. The fraction of sp³-hybridized carbons (Fsp3) is 0.333. The molecule has 0 radical (unpaired) electrons. The maximum absolute atomic E-state index is 12.5. The molecular weight excluding hydrogens is 474 g/mol. The Labute approximate surface area is 184 Å². The van der Waals surface area contributed by atoms with Crippen molar-refractivity contribution < 1.29 is 14.1 Å². The summed E-state index contributed by atoms with van der Waals surface area (Å²) in [6, 6.07) is 3.57. The summed E-state index contributed by atoms with van der Waals surface area (Å²) in [6.07, 6.45) is 3.45. The molecule has 4 rings (SSSR count). The number of anilines is 1. The fourth-order valence-corrected chi connectivity index (χ4v) is 4.13. The first-order valence-electron chi connectivity index (χ1n) is 9.11. The lowest BCUT2D eigenvalue weighted by Gasteiger charge is -2.27. The summed E-state index contributed by atoms with van der Waals surface area (Å²) in [4.78, 5) is 30.4. The van der Waals surface area contributed by atoms with Gasteiger partial charge in [0, 0.05) is 41.6 Å². The molecule has 3 aromatic rings. The van der Waals surface area contributed by atoms with E-state index in [0.717, 1.165) is 21.7 Å². The first-order chi connectivity index (χ1) is 14.5. The van der Waals surface area contributed by atoms with Crippen molar-refractivity contribution in [1.82, 2.24) is 29.8 Å². The summed E-state index contributed by atoms with van der Waals surface area (Å²) in [6.45, 7) is 3.29. The van der Waals surface area contributed by atoms with Crippen LogP contribution in [0.1, 0.15) is 11.6 Å². The number of fused-ring (bicyclic) bond motifs is 1. The molecule has 0 saturated heterocycles. The van der Waals surface area contributed by atoms with Crippen LogP contribution >= 0.6 is 27.7 Å². The van der Waals surface area contributed by atoms with Gasteiger partial charge in [-0.1, -0.05) is 5.16 Å². The number of hydrogen-bond acceptors (Lipinski definition) is 8. The van der Waals surface area contributed by atoms with E-state index in [0.29, 0.717) is 31.2 Å². The van der Waals surface area contributed by atoms with E-state index in [1.165, 1.54) is 11.8 Å². The van der Waals surface area contributed by atoms with Gasteiger partial charge in [0.15, 0.2) is 17.5 Å². The maximum atomic E-state index is 12.5. The Balaban J connectivity index is 1.29. The molecule has 0 fully saturated rings. The van der Waals surface area contributed by atoms with Crippen molar-refractivity contribution in [2.24, 2.45) is 0 Å². The van der Waals surface area contributed by atoms with Crippen molar-refractivity contribution in [2.75, 3.05) is 23.4 Å². The monoisotopic (exact) mass is 491 g/mol. The van der Waals surface area contributed by atoms with E-state index in [1.807, 2.05) is 10.6 Å². The Kier molecular flexibility index (Phi) is 6.13. The van der Waals surface area contributed by atoms with Crippen LogP contribution in [0.25, 0.3) is 11.4 Å². The molecule has 30 heavy (non-hydrogen) atoms. The van der Waals surface area contributed by atoms with Gasteiger partial charge >= 0.3 is 0 Å². The summed E-state index contributed by atoms with van der Waals surface area (Å²) in [5.41, 5.74) is 0.867. The highest BCUT2D eigenvalue weighted by Gasteiger charge is 2.25. The topological polar surface area (TPSA) is 119 Å². The zero-order valence-corrected chi connectivity index (χ0v) is 18.4. The Morgan fingerprint density at radius 2 is 2.10 bits per heavy atom. The second-order valence-electron chi connectivity index (χ2n) is 6.66. The summed E-state index contributed by atoms with van der Waals surface area (Å²) in [5, 5.41) is 14.9. The fourth-order valence-electron chi connectivity index (χ4n) is 3.04. The second kappa shape index (κ2) is 8.96. The third-order valence-electron chi connectivity index (χ3n) is 4.42. The highest BCUT2D eigenvalue weighted by molar-refractivity contribution is 9.10. The van der Waals surface area contributed by atoms with Crippen molar-refractivity contribution >= 4 is 45.3 Å². The molecule has 0 unspecified atom stereocenters. The van der Waals surface area contributed by atoms with Crippen LogP contribution < -0.4 is 5.32 Å². The van der Waals surface area contributed by atoms with Gasteiger partial charge in [0.1, 0.15) is 5.76 Å². The van der Waals surface area contributed by atoms with Gasteiger partial charge in [0.2, 0.25) is 11.8 Å². The first-order valence-corrected chi connectivity index (χ1v) is 11.1. The minimum atomic E-state index is -0.230. The highest BCUT2D eigenvalue weighted by Crippen LogP contribution is 2.23. The van der Waals surface area contributed by atoms with Crippen LogP contribution in [-0.2, 0) is 22.7 Å². The molecule has 0 bridgehead atoms. The number of halogens is 1. The Morgan fingerprint density at radius 1 is 1.23 bits per heavy atom. The first kappa shape index (κ1) is 20.5. The summed E-state index contributed by atoms with van der Waals surface area (Å²) < 4.78 is 7.77. The lowest BCUT2D eigenvalue weighted by atomic mass is 10.2. The van der Waals surface area contributed by atoms with Crippen LogP contribution in [0.4, 0.5) is 5.82 Å². The van der Waals surface area contributed by atoms with Crippen molar-refractivity contribution in [1.29, 1.82) is 0 Å². The number of nitrogens with zero attached hydrogens (tertiary/aromatic N) is 6. The summed E-state index contributed by atoms with van der Waals surface area (Å²) >= 11 is 4.67. The van der Waals surface area contributed by atoms with Gasteiger partial charge in [0.25, 0.3) is 0 Å². The van der Waals surface area contributed by atoms with Crippen LogP contribution in [-0.4, -0.2) is 59.7 Å². The van der Waals surface area contributed by atoms with E-state index in [2.05, 4.69) is 41.6 Å². The van der Waals surface area contributed by atoms with E-state index in [-0.39, 0.29) is 23.3 Å². The van der Waals surface area contributed by atoms with Crippen molar-refractivity contribution in [3.63, 3.8) is 0 Å². The van der Waals surface area contributed by atoms with E-state index >= 15 is 0 Å². The third-order valence-corrected chi connectivity index (χ3v) is 5.77. The number of aromatic nitrogens is 5. The number of nitrogens with one attached hydrogen (secondary N) is 1. The molecule has 4 heterocycles. The normalized spacial score (nSPS) is 13.2. The van der Waals surface area contributed by atoms with Gasteiger partial charge in [-0.15, -0.1) is 22.0 Å². The Bertz CT molecular complexity index is 1080. The average Bonchev–Trinajstić information content (AvgIpc) is 3.33. The molecular formula is C18H18BrN7O3S. The molecule has 1 N–H and O–H groups in total. The largest absolute Gasteiger partial charge is 0.360 e. The van der Waals surface area contributed by atoms with Crippen molar-refractivity contribution in [3.05, 3.63) is 40.6 Å². The molecule has 12 heteroatoms. The van der Waals surface area contributed by atoms with Crippen molar-refractivity contribution in [2.45, 2.75) is 20.0 Å². The molecule has 1 aliphatic heterocycles. The molecule has 0 atom stereocenters. The van der Waals surface area contributed by atoms with E-state index in [1.54, 1.807) is 30.3 Å². The number of rotatable bonds is 6. The second-order valence-corrected chi connectivity index (χ2v) is 8.56. The number of aryl methyl sites for hydroxylation is 1. The maximum Gasteiger partial charge on any atom is 0.235 e. The van der Waals surface area contributed by atoms with Crippen molar-refractivity contribution in [3.8, 4) is 11.4 Å². The molecule has 10 nitrogen and oxygen atoms in total. The molecule has 0 aliphatic carbocycles. The number of pyridine rings is 1. The smallest absolute Gasteiger partial charge is 0.235 e. The van der Waals surface area contributed by atoms with Crippen LogP contribution in [0.3, 0.4) is 0 Å². The number of amides is 2. The third kappa shape index (κ3) is 4.70. The Hall–Kier alpha value is -2.73. The predicted molar refractivity (Wildman–Crippen MR) is 114 cm³/mol. The van der Waals surface area contributed by atoms with Crippen LogP contribution in [0.5, 0.6) is 0 Å². The minimum absolute atomic E-state index is 0.0370. The molecule has 0 aromatic carbocycles. The number of carbonyl (C=O) groups is 2. The highest BCUT2D eigenvalue weighted by atomic mass is 79.9. The molecule has 156 valence electrons. The van der Waals surface area contributed by atoms with Gasteiger partial charge in [-0.2, -0.15) is 0 Å². The lowest BCUT2D eigenvalue weighted by Crippen LogP contribution is -2.39. The minimum Gasteiger partial charge on any atom is -0.360 e. The standard InChI is InChI=1S/C18H18BrN7O3S/c1-11-4-14(24-29-11)21-16(27)9-30-10-17(28)25-2-3-26-15(8-25)22-23-18(26)12-5-13(19)7-20-6-12/h4-7H,2-3,8-10H2,1H3,(H,21,24,27). The van der Waals surface area contributed by atoms with Gasteiger partial charge < -0.3 is 19.3 Å². The lowest BCUT2D eigenvalue weighted by molar-refractivity contribution is -0.129. The van der Waals surface area contributed by atoms with Crippen LogP contribution in [0, 0.1) is 6.92 Å². The molecule has 2 amide bonds. The summed E-state index contributed by atoms with van der Waals surface area (Å²) in [7, 11) is 0. The van der Waals surface area contributed by atoms with Gasteiger partial charge in [-0.05, 0) is 28.9 Å². The molecule has 0 saturated carbocycles. The quantitative estimate of drug-likeness (QED) is 0.556. The van der Waals surface area contributed by atoms with Gasteiger partial charge in [-0.3, -0.25) is 14.6 Å². The number of carbonyl (C=O) groups excluding carboxylic acids is 2. The van der Waals surface area contributed by atoms with E-state index in [4.69, 9.17) is 4.52 Å². The predicted octanol–water partition coefficient (Wildman–Crippen LogP) is 2.11. The Morgan fingerprint density at radius 3 is 2.87 bits per heavy atom. The van der Waals surface area contributed by atoms with E-state index < -0.39 is 0 Å². The molecule has 1 aliphatic rings. The number of thioether (sulfide) groups is 1. The van der Waals surface area contributed by atoms with Gasteiger partial charge in [0.05, 0.1) is 18.1 Å². The van der Waals surface area contributed by atoms with Crippen LogP contribution in [0.15, 0.2) is 33.5 Å². The average molecular weight is 492 g/mol. The van der Waals surface area contributed by atoms with Crippen LogP contribution in [0.2, 0.25) is 0 Å². The summed E-state index contributed by atoms with van der Waals surface area (Å²) in [5.74, 6) is 2.55. The van der Waals surface area contributed by atoms with Gasteiger partial charge in [-0.25, -0.2) is 0 Å². The zero-order chi connectivity index (χ0) is 21.1. The van der Waals surface area contributed by atoms with E-state index in [9.17, 15) is 9.59 Å². The number of hydrogen-bond donors (Lipinski definition) is 1. The zero-order valence-electron chi connectivity index (χ0n) is 16.0. The molecule has 3 aromatic heterocycles. The SMILES string of the molecule is Cc1cc(NC(=O)CSCC(=O)N2CCn3c(nnc3-c3cncc(Br)c3)C2)no1.